The third-order valence-electron chi connectivity index (χ3n) is 4.48. The molecular formula is C18H19N3O5S. The predicted octanol–water partition coefficient (Wildman–Crippen LogP) is 2.70. The van der Waals surface area contributed by atoms with Crippen molar-refractivity contribution in [2.75, 3.05) is 11.9 Å². The van der Waals surface area contributed by atoms with Gasteiger partial charge >= 0.3 is 0 Å². The van der Waals surface area contributed by atoms with E-state index < -0.39 is 26.9 Å². The zero-order chi connectivity index (χ0) is 19.6. The quantitative estimate of drug-likeness (QED) is 0.624. The van der Waals surface area contributed by atoms with E-state index >= 15 is 0 Å². The number of hydrogen-bond acceptors (Lipinski definition) is 5. The highest BCUT2D eigenvalue weighted by atomic mass is 32.2. The standard InChI is InChI=1S/C18H19N3O5S/c1-13-4-10-16(11-5-13)27(25,26)20-12-2-3-17(20)18(22)19-14-6-8-15(9-7-14)21(23)24/h4-11,17H,2-3,12H2,1H3,(H,19,22). The number of nitro groups is 1. The number of carbonyl (C=O) groups excluding carboxylic acids is 1. The number of anilines is 1. The van der Waals surface area contributed by atoms with E-state index in [2.05, 4.69) is 5.32 Å². The summed E-state index contributed by atoms with van der Waals surface area (Å²) in [7, 11) is -3.78. The fourth-order valence-corrected chi connectivity index (χ4v) is 4.68. The van der Waals surface area contributed by atoms with Gasteiger partial charge in [0.15, 0.2) is 0 Å². The largest absolute Gasteiger partial charge is 0.325 e. The zero-order valence-electron chi connectivity index (χ0n) is 14.7. The van der Waals surface area contributed by atoms with Crippen LogP contribution in [0, 0.1) is 17.0 Å². The van der Waals surface area contributed by atoms with Crippen molar-refractivity contribution in [2.24, 2.45) is 0 Å². The van der Waals surface area contributed by atoms with Crippen molar-refractivity contribution in [1.29, 1.82) is 0 Å². The molecule has 8 nitrogen and oxygen atoms in total. The van der Waals surface area contributed by atoms with Gasteiger partial charge in [0.05, 0.1) is 9.82 Å². The minimum atomic E-state index is -3.78. The van der Waals surface area contributed by atoms with Crippen molar-refractivity contribution < 1.29 is 18.1 Å². The highest BCUT2D eigenvalue weighted by Gasteiger charge is 2.39. The Labute approximate surface area is 157 Å². The van der Waals surface area contributed by atoms with Crippen molar-refractivity contribution in [3.63, 3.8) is 0 Å². The Hall–Kier alpha value is -2.78. The highest BCUT2D eigenvalue weighted by molar-refractivity contribution is 7.89. The number of nitrogens with zero attached hydrogens (tertiary/aromatic N) is 2. The van der Waals surface area contributed by atoms with Gasteiger partial charge in [-0.2, -0.15) is 4.31 Å². The van der Waals surface area contributed by atoms with Gasteiger partial charge in [-0.3, -0.25) is 14.9 Å². The molecule has 0 bridgehead atoms. The minimum Gasteiger partial charge on any atom is -0.325 e. The number of rotatable bonds is 5. The van der Waals surface area contributed by atoms with Crippen LogP contribution in [0.4, 0.5) is 11.4 Å². The molecular weight excluding hydrogens is 370 g/mol. The molecule has 1 unspecified atom stereocenters. The Kier molecular flexibility index (Phi) is 5.24. The summed E-state index contributed by atoms with van der Waals surface area (Å²) >= 11 is 0. The van der Waals surface area contributed by atoms with Crippen LogP contribution >= 0.6 is 0 Å². The molecule has 0 aromatic heterocycles. The fraction of sp³-hybridized carbons (Fsp3) is 0.278. The van der Waals surface area contributed by atoms with Gasteiger partial charge in [-0.15, -0.1) is 0 Å². The maximum atomic E-state index is 12.9. The summed E-state index contributed by atoms with van der Waals surface area (Å²) in [6, 6.07) is 11.1. The lowest BCUT2D eigenvalue weighted by Gasteiger charge is -2.23. The molecule has 1 saturated heterocycles. The average Bonchev–Trinajstić information content (AvgIpc) is 3.13. The molecule has 1 amide bonds. The van der Waals surface area contributed by atoms with E-state index in [-0.39, 0.29) is 17.1 Å². The van der Waals surface area contributed by atoms with E-state index in [0.29, 0.717) is 18.5 Å². The molecule has 0 saturated carbocycles. The summed E-state index contributed by atoms with van der Waals surface area (Å²) in [5.41, 5.74) is 1.24. The second-order valence-electron chi connectivity index (χ2n) is 6.38. The molecule has 0 spiro atoms. The normalized spacial score (nSPS) is 17.6. The van der Waals surface area contributed by atoms with Crippen LogP contribution in [0.25, 0.3) is 0 Å². The van der Waals surface area contributed by atoms with E-state index in [0.717, 1.165) is 5.56 Å². The third kappa shape index (κ3) is 3.99. The summed E-state index contributed by atoms with van der Waals surface area (Å²) in [6.45, 7) is 2.14. The van der Waals surface area contributed by atoms with Crippen LogP contribution in [-0.2, 0) is 14.8 Å². The van der Waals surface area contributed by atoms with Crippen molar-refractivity contribution in [1.82, 2.24) is 4.31 Å². The molecule has 1 aliphatic rings. The van der Waals surface area contributed by atoms with Gasteiger partial charge in [0.2, 0.25) is 15.9 Å². The SMILES string of the molecule is Cc1ccc(S(=O)(=O)N2CCCC2C(=O)Nc2ccc([N+](=O)[O-])cc2)cc1. The van der Waals surface area contributed by atoms with Gasteiger partial charge in [-0.1, -0.05) is 17.7 Å². The van der Waals surface area contributed by atoms with E-state index in [1.54, 1.807) is 12.1 Å². The number of nitrogens with one attached hydrogen (secondary N) is 1. The lowest BCUT2D eigenvalue weighted by Crippen LogP contribution is -2.43. The Morgan fingerprint density at radius 2 is 1.78 bits per heavy atom. The van der Waals surface area contributed by atoms with Gasteiger partial charge in [-0.05, 0) is 44.0 Å². The average molecular weight is 389 g/mol. The molecule has 9 heteroatoms. The molecule has 1 heterocycles. The molecule has 2 aromatic carbocycles. The molecule has 1 atom stereocenters. The number of hydrogen-bond donors (Lipinski definition) is 1. The van der Waals surface area contributed by atoms with Crippen molar-refractivity contribution in [3.8, 4) is 0 Å². The molecule has 1 aliphatic heterocycles. The lowest BCUT2D eigenvalue weighted by molar-refractivity contribution is -0.384. The zero-order valence-corrected chi connectivity index (χ0v) is 15.5. The maximum Gasteiger partial charge on any atom is 0.269 e. The molecule has 142 valence electrons. The molecule has 3 rings (SSSR count). The van der Waals surface area contributed by atoms with Gasteiger partial charge in [0.1, 0.15) is 6.04 Å². The monoisotopic (exact) mass is 389 g/mol. The van der Waals surface area contributed by atoms with Crippen molar-refractivity contribution in [2.45, 2.75) is 30.7 Å². The number of sulfonamides is 1. The summed E-state index contributed by atoms with van der Waals surface area (Å²) < 4.78 is 27.0. The Bertz CT molecular complexity index is 955. The maximum absolute atomic E-state index is 12.9. The van der Waals surface area contributed by atoms with Crippen LogP contribution in [-0.4, -0.2) is 36.1 Å². The first-order valence-electron chi connectivity index (χ1n) is 8.43. The number of amides is 1. The van der Waals surface area contributed by atoms with Crippen LogP contribution in [0.3, 0.4) is 0 Å². The summed E-state index contributed by atoms with van der Waals surface area (Å²) in [6.07, 6.45) is 1.01. The topological polar surface area (TPSA) is 110 Å². The molecule has 1 fully saturated rings. The smallest absolute Gasteiger partial charge is 0.269 e. The summed E-state index contributed by atoms with van der Waals surface area (Å²) in [4.78, 5) is 22.9. The number of benzene rings is 2. The van der Waals surface area contributed by atoms with Crippen LogP contribution in [0.15, 0.2) is 53.4 Å². The lowest BCUT2D eigenvalue weighted by atomic mass is 10.2. The van der Waals surface area contributed by atoms with Gasteiger partial charge in [-0.25, -0.2) is 8.42 Å². The molecule has 0 radical (unpaired) electrons. The van der Waals surface area contributed by atoms with Gasteiger partial charge in [0, 0.05) is 24.4 Å². The Balaban J connectivity index is 1.78. The second-order valence-corrected chi connectivity index (χ2v) is 8.27. The molecule has 2 aromatic rings. The van der Waals surface area contributed by atoms with Crippen LogP contribution in [0.2, 0.25) is 0 Å². The summed E-state index contributed by atoms with van der Waals surface area (Å²) in [5.74, 6) is -0.447. The van der Waals surface area contributed by atoms with Crippen LogP contribution < -0.4 is 5.32 Å². The fourth-order valence-electron chi connectivity index (χ4n) is 3.03. The van der Waals surface area contributed by atoms with Crippen LogP contribution in [0.5, 0.6) is 0 Å². The van der Waals surface area contributed by atoms with Crippen molar-refractivity contribution >= 4 is 27.3 Å². The number of aryl methyl sites for hydroxylation is 1. The minimum absolute atomic E-state index is 0.0857. The number of carbonyl (C=O) groups is 1. The van der Waals surface area contributed by atoms with E-state index in [4.69, 9.17) is 0 Å². The van der Waals surface area contributed by atoms with Crippen LogP contribution in [0.1, 0.15) is 18.4 Å². The molecule has 0 aliphatic carbocycles. The first-order valence-corrected chi connectivity index (χ1v) is 9.87. The predicted molar refractivity (Wildman–Crippen MR) is 99.8 cm³/mol. The first kappa shape index (κ1) is 19.0. The van der Waals surface area contributed by atoms with Crippen molar-refractivity contribution in [3.05, 3.63) is 64.2 Å². The van der Waals surface area contributed by atoms with E-state index in [1.807, 2.05) is 6.92 Å². The first-order chi connectivity index (χ1) is 12.8. The summed E-state index contributed by atoms with van der Waals surface area (Å²) in [5, 5.41) is 13.3. The van der Waals surface area contributed by atoms with E-state index in [1.165, 1.54) is 40.7 Å². The Morgan fingerprint density at radius 1 is 1.15 bits per heavy atom. The highest BCUT2D eigenvalue weighted by Crippen LogP contribution is 2.27. The third-order valence-corrected chi connectivity index (χ3v) is 6.40. The van der Waals surface area contributed by atoms with Gasteiger partial charge in [0.25, 0.3) is 5.69 Å². The number of nitro benzene ring substituents is 1. The van der Waals surface area contributed by atoms with E-state index in [9.17, 15) is 23.3 Å². The second kappa shape index (κ2) is 7.45. The molecule has 27 heavy (non-hydrogen) atoms. The molecule has 1 N–H and O–H groups in total. The van der Waals surface area contributed by atoms with Gasteiger partial charge < -0.3 is 5.32 Å². The number of non-ortho nitro benzene ring substituents is 1. The Morgan fingerprint density at radius 3 is 2.37 bits per heavy atom.